The molecule has 2 aromatic rings. The van der Waals surface area contributed by atoms with E-state index in [2.05, 4.69) is 15.6 Å². The van der Waals surface area contributed by atoms with Gasteiger partial charge in [-0.3, -0.25) is 9.59 Å². The van der Waals surface area contributed by atoms with E-state index in [1.165, 1.54) is 17.2 Å². The molecular weight excluding hydrogens is 363 g/mol. The van der Waals surface area contributed by atoms with Gasteiger partial charge in [0.1, 0.15) is 6.54 Å². The lowest BCUT2D eigenvalue weighted by Crippen LogP contribution is -2.26. The fraction of sp³-hybridized carbons (Fsp3) is 0.286. The Morgan fingerprint density at radius 3 is 2.60 bits per heavy atom. The zero-order valence-electron chi connectivity index (χ0n) is 13.1. The van der Waals surface area contributed by atoms with Crippen LogP contribution < -0.4 is 5.32 Å². The summed E-state index contributed by atoms with van der Waals surface area (Å²) < 4.78 is 39.6. The van der Waals surface area contributed by atoms with Gasteiger partial charge in [-0.05, 0) is 18.2 Å². The van der Waals surface area contributed by atoms with E-state index in [1.807, 2.05) is 0 Å². The highest BCUT2D eigenvalue weighted by molar-refractivity contribution is 6.31. The smallest absolute Gasteiger partial charge is 0.347 e. The molecule has 25 heavy (non-hydrogen) atoms. The molecular formula is C14H13ClF3N5O2. The van der Waals surface area contributed by atoms with Crippen molar-refractivity contribution in [2.24, 2.45) is 0 Å². The third kappa shape index (κ3) is 4.69. The summed E-state index contributed by atoms with van der Waals surface area (Å²) in [6.07, 6.45) is -3.43. The lowest BCUT2D eigenvalue weighted by molar-refractivity contribution is -0.137. The Bertz CT molecular complexity index is 804. The van der Waals surface area contributed by atoms with Crippen LogP contribution in [-0.4, -0.2) is 45.8 Å². The third-order valence-electron chi connectivity index (χ3n) is 3.10. The molecule has 0 fully saturated rings. The number of nitrogens with one attached hydrogen (secondary N) is 1. The number of halogens is 4. The summed E-state index contributed by atoms with van der Waals surface area (Å²) >= 11 is 5.52. The van der Waals surface area contributed by atoms with Crippen LogP contribution in [0, 0.1) is 0 Å². The lowest BCUT2D eigenvalue weighted by atomic mass is 10.2. The maximum Gasteiger partial charge on any atom is 0.417 e. The minimum atomic E-state index is -4.65. The molecule has 1 heterocycles. The van der Waals surface area contributed by atoms with Crippen molar-refractivity contribution in [3.8, 4) is 0 Å². The minimum Gasteiger partial charge on any atom is -0.347 e. The summed E-state index contributed by atoms with van der Waals surface area (Å²) in [4.78, 5) is 25.0. The largest absolute Gasteiger partial charge is 0.417 e. The maximum atomic E-state index is 12.8. The van der Waals surface area contributed by atoms with Crippen molar-refractivity contribution in [2.45, 2.75) is 12.7 Å². The molecule has 0 spiro atoms. The first-order chi connectivity index (χ1) is 11.6. The molecule has 0 bridgehead atoms. The van der Waals surface area contributed by atoms with Gasteiger partial charge in [-0.2, -0.15) is 13.2 Å². The molecule has 1 N–H and O–H groups in total. The van der Waals surface area contributed by atoms with Gasteiger partial charge >= 0.3 is 6.18 Å². The highest BCUT2D eigenvalue weighted by atomic mass is 35.5. The fourth-order valence-electron chi connectivity index (χ4n) is 1.78. The number of carbonyl (C=O) groups is 2. The lowest BCUT2D eigenvalue weighted by Gasteiger charge is -2.11. The summed E-state index contributed by atoms with van der Waals surface area (Å²) in [5.41, 5.74) is -1.30. The molecule has 0 aliphatic heterocycles. The normalized spacial score (nSPS) is 11.3. The van der Waals surface area contributed by atoms with Gasteiger partial charge in [0.2, 0.25) is 5.91 Å². The van der Waals surface area contributed by atoms with Gasteiger partial charge in [-0.15, -0.1) is 5.10 Å². The summed E-state index contributed by atoms with van der Waals surface area (Å²) in [6.45, 7) is -0.119. The van der Waals surface area contributed by atoms with Gasteiger partial charge in [-0.1, -0.05) is 16.8 Å². The number of alkyl halides is 3. The quantitative estimate of drug-likeness (QED) is 0.889. The van der Waals surface area contributed by atoms with E-state index in [9.17, 15) is 22.8 Å². The van der Waals surface area contributed by atoms with E-state index >= 15 is 0 Å². The van der Waals surface area contributed by atoms with Crippen LogP contribution in [0.25, 0.3) is 0 Å². The summed E-state index contributed by atoms with van der Waals surface area (Å²) in [6, 6.07) is 2.99. The molecule has 0 saturated carbocycles. The number of hydrogen-bond acceptors (Lipinski definition) is 4. The number of benzene rings is 1. The van der Waals surface area contributed by atoms with Crippen LogP contribution in [0.3, 0.4) is 0 Å². The van der Waals surface area contributed by atoms with Gasteiger partial charge in [0.15, 0.2) is 5.69 Å². The van der Waals surface area contributed by atoms with Gasteiger partial charge < -0.3 is 10.2 Å². The Labute approximate surface area is 145 Å². The second-order valence-electron chi connectivity index (χ2n) is 5.24. The molecule has 0 radical (unpaired) electrons. The van der Waals surface area contributed by atoms with E-state index in [-0.39, 0.29) is 23.8 Å². The Balaban J connectivity index is 2.13. The molecule has 0 aliphatic carbocycles. The fourth-order valence-corrected chi connectivity index (χ4v) is 2.00. The van der Waals surface area contributed by atoms with E-state index in [1.54, 1.807) is 14.1 Å². The van der Waals surface area contributed by atoms with Crippen molar-refractivity contribution < 1.29 is 22.8 Å². The Hall–Kier alpha value is -2.62. The molecule has 0 unspecified atom stereocenters. The average molecular weight is 376 g/mol. The predicted molar refractivity (Wildman–Crippen MR) is 83.1 cm³/mol. The van der Waals surface area contributed by atoms with E-state index in [0.29, 0.717) is 0 Å². The predicted octanol–water partition coefficient (Wildman–Crippen LogP) is 2.29. The van der Waals surface area contributed by atoms with Gasteiger partial charge in [0, 0.05) is 19.8 Å². The Morgan fingerprint density at radius 2 is 2.00 bits per heavy atom. The van der Waals surface area contributed by atoms with Gasteiger partial charge in [0.25, 0.3) is 5.91 Å². The third-order valence-corrected chi connectivity index (χ3v) is 3.43. The summed E-state index contributed by atoms with van der Waals surface area (Å²) in [7, 11) is 3.12. The molecule has 0 aliphatic rings. The number of carbonyl (C=O) groups excluding carboxylic acids is 2. The van der Waals surface area contributed by atoms with Crippen LogP contribution in [0.2, 0.25) is 5.02 Å². The van der Waals surface area contributed by atoms with Crippen molar-refractivity contribution >= 4 is 29.1 Å². The molecule has 7 nitrogen and oxygen atoms in total. The Morgan fingerprint density at radius 1 is 1.32 bits per heavy atom. The monoisotopic (exact) mass is 375 g/mol. The molecule has 2 amide bonds. The molecule has 134 valence electrons. The van der Waals surface area contributed by atoms with Crippen LogP contribution in [0.4, 0.5) is 18.9 Å². The average Bonchev–Trinajstić information content (AvgIpc) is 2.96. The van der Waals surface area contributed by atoms with Crippen molar-refractivity contribution in [1.82, 2.24) is 19.9 Å². The molecule has 0 saturated heterocycles. The second-order valence-corrected chi connectivity index (χ2v) is 5.64. The van der Waals surface area contributed by atoms with Crippen molar-refractivity contribution in [3.63, 3.8) is 0 Å². The maximum absolute atomic E-state index is 12.8. The van der Waals surface area contributed by atoms with Crippen LogP contribution in [0.15, 0.2) is 24.4 Å². The van der Waals surface area contributed by atoms with Gasteiger partial charge in [0.05, 0.1) is 16.8 Å². The van der Waals surface area contributed by atoms with Crippen molar-refractivity contribution in [2.75, 3.05) is 19.4 Å². The number of anilines is 1. The number of hydrogen-bond donors (Lipinski definition) is 1. The van der Waals surface area contributed by atoms with E-state index < -0.39 is 22.7 Å². The standard InChI is InChI=1S/C14H13ClF3N5O2/c1-22(2)12(24)7-23-6-11(20-21-23)13(25)19-8-3-4-10(15)9(5-8)14(16,17)18/h3-6H,7H2,1-2H3,(H,19,25). The zero-order chi connectivity index (χ0) is 18.8. The Kier molecular flexibility index (Phi) is 5.31. The second kappa shape index (κ2) is 7.09. The zero-order valence-corrected chi connectivity index (χ0v) is 13.9. The first-order valence-corrected chi connectivity index (χ1v) is 7.24. The highest BCUT2D eigenvalue weighted by Gasteiger charge is 2.33. The van der Waals surface area contributed by atoms with E-state index in [0.717, 1.165) is 16.8 Å². The first kappa shape index (κ1) is 18.7. The highest BCUT2D eigenvalue weighted by Crippen LogP contribution is 2.36. The van der Waals surface area contributed by atoms with Crippen LogP contribution in [0.5, 0.6) is 0 Å². The van der Waals surface area contributed by atoms with E-state index in [4.69, 9.17) is 11.6 Å². The van der Waals surface area contributed by atoms with Gasteiger partial charge in [-0.25, -0.2) is 4.68 Å². The van der Waals surface area contributed by atoms with Crippen molar-refractivity contribution in [1.29, 1.82) is 0 Å². The molecule has 2 rings (SSSR count). The first-order valence-electron chi connectivity index (χ1n) is 6.86. The molecule has 11 heteroatoms. The SMILES string of the molecule is CN(C)C(=O)Cn1cc(C(=O)Nc2ccc(Cl)c(C(F)(F)F)c2)nn1. The number of rotatable bonds is 4. The number of likely N-dealkylation sites (N-methyl/N-ethyl adjacent to an activating group) is 1. The number of nitrogens with zero attached hydrogens (tertiary/aromatic N) is 4. The molecule has 0 atom stereocenters. The number of amides is 2. The topological polar surface area (TPSA) is 80.1 Å². The van der Waals surface area contributed by atoms with Crippen LogP contribution in [-0.2, 0) is 17.5 Å². The summed E-state index contributed by atoms with van der Waals surface area (Å²) in [5.74, 6) is -1.02. The van der Waals surface area contributed by atoms with Crippen molar-refractivity contribution in [3.05, 3.63) is 40.7 Å². The van der Waals surface area contributed by atoms with Crippen LogP contribution >= 0.6 is 11.6 Å². The molecule has 1 aromatic heterocycles. The van der Waals surface area contributed by atoms with Crippen LogP contribution in [0.1, 0.15) is 16.1 Å². The minimum absolute atomic E-state index is 0.0966. The number of aromatic nitrogens is 3. The summed E-state index contributed by atoms with van der Waals surface area (Å²) in [5, 5.41) is 9.03. The molecule has 1 aromatic carbocycles.